The van der Waals surface area contributed by atoms with Crippen molar-refractivity contribution in [2.24, 2.45) is 0 Å². The third-order valence-electron chi connectivity index (χ3n) is 2.65. The quantitative estimate of drug-likeness (QED) is 0.930. The summed E-state index contributed by atoms with van der Waals surface area (Å²) in [5, 5.41) is 11.2. The number of hydrogen-bond acceptors (Lipinski definition) is 2. The number of rotatable bonds is 3. The van der Waals surface area contributed by atoms with Crippen molar-refractivity contribution in [1.29, 1.82) is 0 Å². The Morgan fingerprint density at radius 3 is 2.82 bits per heavy atom. The van der Waals surface area contributed by atoms with Crippen LogP contribution in [0.1, 0.15) is 17.2 Å². The zero-order valence-electron chi connectivity index (χ0n) is 9.27. The lowest BCUT2D eigenvalue weighted by Gasteiger charge is -2.15. The molecule has 2 rings (SSSR count). The van der Waals surface area contributed by atoms with Gasteiger partial charge in [-0.05, 0) is 18.6 Å². The van der Waals surface area contributed by atoms with Crippen molar-refractivity contribution >= 4 is 23.2 Å². The molecule has 2 aromatic rings. The molecule has 0 saturated heterocycles. The normalized spacial score (nSPS) is 12.7. The Bertz CT molecular complexity index is 511. The summed E-state index contributed by atoms with van der Waals surface area (Å²) < 4.78 is 1.80. The van der Waals surface area contributed by atoms with Crippen molar-refractivity contribution < 1.29 is 5.11 Å². The lowest BCUT2D eigenvalue weighted by molar-refractivity contribution is 0.156. The largest absolute Gasteiger partial charge is 0.386 e. The van der Waals surface area contributed by atoms with E-state index in [1.807, 2.05) is 6.92 Å². The van der Waals surface area contributed by atoms with Crippen LogP contribution in [-0.4, -0.2) is 14.7 Å². The maximum atomic E-state index is 10.1. The van der Waals surface area contributed by atoms with Crippen LogP contribution in [0.15, 0.2) is 30.9 Å². The van der Waals surface area contributed by atoms with Gasteiger partial charge in [-0.25, -0.2) is 4.98 Å². The Kier molecular flexibility index (Phi) is 3.72. The molecule has 1 N–H and O–H groups in total. The van der Waals surface area contributed by atoms with Crippen LogP contribution in [0.25, 0.3) is 0 Å². The van der Waals surface area contributed by atoms with Gasteiger partial charge in [0.1, 0.15) is 0 Å². The summed E-state index contributed by atoms with van der Waals surface area (Å²) in [6, 6.07) is 3.49. The van der Waals surface area contributed by atoms with Gasteiger partial charge in [-0.2, -0.15) is 0 Å². The molecule has 0 saturated carbocycles. The van der Waals surface area contributed by atoms with Gasteiger partial charge >= 0.3 is 0 Å². The summed E-state index contributed by atoms with van der Waals surface area (Å²) in [4.78, 5) is 3.92. The zero-order chi connectivity index (χ0) is 12.4. The fraction of sp³-hybridized carbons (Fsp3) is 0.250. The number of imidazole rings is 1. The molecule has 0 aliphatic carbocycles. The summed E-state index contributed by atoms with van der Waals surface area (Å²) in [6.07, 6.45) is 4.44. The van der Waals surface area contributed by atoms with E-state index >= 15 is 0 Å². The smallest absolute Gasteiger partial charge is 0.0983 e. The first-order chi connectivity index (χ1) is 8.09. The Morgan fingerprint density at radius 1 is 1.41 bits per heavy atom. The molecule has 0 fully saturated rings. The Morgan fingerprint density at radius 2 is 2.18 bits per heavy atom. The van der Waals surface area contributed by atoms with Crippen LogP contribution in [0.3, 0.4) is 0 Å². The van der Waals surface area contributed by atoms with Crippen LogP contribution < -0.4 is 0 Å². The minimum absolute atomic E-state index is 0.417. The van der Waals surface area contributed by atoms with Gasteiger partial charge in [-0.15, -0.1) is 0 Å². The van der Waals surface area contributed by atoms with Gasteiger partial charge in [0.15, 0.2) is 0 Å². The Hall–Kier alpha value is -1.03. The van der Waals surface area contributed by atoms with Gasteiger partial charge in [0.2, 0.25) is 0 Å². The van der Waals surface area contributed by atoms with Crippen molar-refractivity contribution in [3.8, 4) is 0 Å². The van der Waals surface area contributed by atoms with Gasteiger partial charge in [0.25, 0.3) is 0 Å². The minimum Gasteiger partial charge on any atom is -0.386 e. The maximum Gasteiger partial charge on any atom is 0.0983 e. The minimum atomic E-state index is -0.673. The second-order valence-corrected chi connectivity index (χ2v) is 4.64. The van der Waals surface area contributed by atoms with E-state index in [1.54, 1.807) is 35.4 Å². The maximum absolute atomic E-state index is 10.1. The number of hydrogen-bond donors (Lipinski definition) is 1. The van der Waals surface area contributed by atoms with Gasteiger partial charge in [-0.3, -0.25) is 0 Å². The van der Waals surface area contributed by atoms with Crippen molar-refractivity contribution in [2.75, 3.05) is 0 Å². The van der Waals surface area contributed by atoms with Crippen LogP contribution in [0, 0.1) is 6.92 Å². The average molecular weight is 271 g/mol. The SMILES string of the molecule is Cc1c(Cl)ccc(C(O)Cn2ccnc2)c1Cl. The highest BCUT2D eigenvalue weighted by Crippen LogP contribution is 2.31. The summed E-state index contributed by atoms with van der Waals surface area (Å²) >= 11 is 12.1. The molecule has 0 aliphatic rings. The highest BCUT2D eigenvalue weighted by atomic mass is 35.5. The van der Waals surface area contributed by atoms with Gasteiger partial charge in [-0.1, -0.05) is 29.3 Å². The van der Waals surface area contributed by atoms with Crippen LogP contribution in [-0.2, 0) is 6.54 Å². The zero-order valence-corrected chi connectivity index (χ0v) is 10.8. The monoisotopic (exact) mass is 270 g/mol. The summed E-state index contributed by atoms with van der Waals surface area (Å²) in [7, 11) is 0. The number of benzene rings is 1. The van der Waals surface area contributed by atoms with Crippen LogP contribution in [0.2, 0.25) is 10.0 Å². The summed E-state index contributed by atoms with van der Waals surface area (Å²) in [5.41, 5.74) is 1.47. The van der Waals surface area contributed by atoms with E-state index in [1.165, 1.54) is 0 Å². The van der Waals surface area contributed by atoms with Gasteiger partial charge < -0.3 is 9.67 Å². The number of halogens is 2. The molecule has 1 heterocycles. The Balaban J connectivity index is 2.25. The average Bonchev–Trinajstić information content (AvgIpc) is 2.78. The van der Waals surface area contributed by atoms with Crippen molar-refractivity contribution in [3.63, 3.8) is 0 Å². The van der Waals surface area contributed by atoms with E-state index in [9.17, 15) is 5.11 Å². The molecule has 1 aromatic heterocycles. The molecule has 3 nitrogen and oxygen atoms in total. The molecule has 0 spiro atoms. The molecular weight excluding hydrogens is 259 g/mol. The van der Waals surface area contributed by atoms with E-state index in [4.69, 9.17) is 23.2 Å². The third-order valence-corrected chi connectivity index (χ3v) is 3.56. The predicted molar refractivity (Wildman–Crippen MR) is 68.4 cm³/mol. The molecule has 90 valence electrons. The number of aliphatic hydroxyl groups is 1. The van der Waals surface area contributed by atoms with E-state index in [0.29, 0.717) is 22.2 Å². The molecule has 0 bridgehead atoms. The first kappa shape index (κ1) is 12.4. The lowest BCUT2D eigenvalue weighted by atomic mass is 10.1. The van der Waals surface area contributed by atoms with Gasteiger partial charge in [0, 0.05) is 23.0 Å². The van der Waals surface area contributed by atoms with E-state index in [2.05, 4.69) is 4.98 Å². The summed E-state index contributed by atoms with van der Waals surface area (Å²) in [5.74, 6) is 0. The molecular formula is C12H12Cl2N2O. The molecule has 1 atom stereocenters. The van der Waals surface area contributed by atoms with Crippen LogP contribution >= 0.6 is 23.2 Å². The van der Waals surface area contributed by atoms with E-state index in [0.717, 1.165) is 5.56 Å². The molecule has 0 amide bonds. The molecule has 1 unspecified atom stereocenters. The first-order valence-corrected chi connectivity index (χ1v) is 5.93. The highest BCUT2D eigenvalue weighted by molar-refractivity contribution is 6.36. The molecule has 1 aromatic carbocycles. The lowest BCUT2D eigenvalue weighted by Crippen LogP contribution is -2.08. The number of aromatic nitrogens is 2. The van der Waals surface area contributed by atoms with E-state index < -0.39 is 6.10 Å². The highest BCUT2D eigenvalue weighted by Gasteiger charge is 2.15. The fourth-order valence-corrected chi connectivity index (χ4v) is 2.13. The van der Waals surface area contributed by atoms with E-state index in [-0.39, 0.29) is 0 Å². The van der Waals surface area contributed by atoms with Crippen molar-refractivity contribution in [1.82, 2.24) is 9.55 Å². The first-order valence-electron chi connectivity index (χ1n) is 5.18. The molecule has 5 heteroatoms. The van der Waals surface area contributed by atoms with Crippen LogP contribution in [0.5, 0.6) is 0 Å². The van der Waals surface area contributed by atoms with Gasteiger partial charge in [0.05, 0.1) is 24.0 Å². The third kappa shape index (κ3) is 2.63. The predicted octanol–water partition coefficient (Wildman–Crippen LogP) is 3.23. The molecule has 17 heavy (non-hydrogen) atoms. The Labute approximate surface area is 110 Å². The topological polar surface area (TPSA) is 38.0 Å². The van der Waals surface area contributed by atoms with Crippen LogP contribution in [0.4, 0.5) is 0 Å². The fourth-order valence-electron chi connectivity index (χ4n) is 1.63. The van der Waals surface area contributed by atoms with Crippen molar-refractivity contribution in [2.45, 2.75) is 19.6 Å². The molecule has 0 radical (unpaired) electrons. The second-order valence-electron chi connectivity index (χ2n) is 3.85. The standard InChI is InChI=1S/C12H12Cl2N2O/c1-8-10(13)3-2-9(12(8)14)11(17)6-16-5-4-15-7-16/h2-5,7,11,17H,6H2,1H3. The van der Waals surface area contributed by atoms with Crippen molar-refractivity contribution in [3.05, 3.63) is 52.0 Å². The number of aliphatic hydroxyl groups excluding tert-OH is 1. The summed E-state index contributed by atoms with van der Waals surface area (Å²) in [6.45, 7) is 2.25. The second kappa shape index (κ2) is 5.08. The number of nitrogens with zero attached hydrogens (tertiary/aromatic N) is 2. The molecule has 0 aliphatic heterocycles.